The predicted molar refractivity (Wildman–Crippen MR) is 105 cm³/mol. The highest BCUT2D eigenvalue weighted by Crippen LogP contribution is 2.20. The van der Waals surface area contributed by atoms with Gasteiger partial charge in [-0.15, -0.1) is 0 Å². The molecular formula is C21H25ClN2O2. The molecule has 0 radical (unpaired) electrons. The van der Waals surface area contributed by atoms with E-state index in [1.807, 2.05) is 56.3 Å². The lowest BCUT2D eigenvalue weighted by molar-refractivity contribution is -0.140. The van der Waals surface area contributed by atoms with Crippen LogP contribution < -0.4 is 5.32 Å². The van der Waals surface area contributed by atoms with Crippen molar-refractivity contribution in [2.75, 3.05) is 7.05 Å². The fourth-order valence-electron chi connectivity index (χ4n) is 2.96. The Bertz CT molecular complexity index is 776. The van der Waals surface area contributed by atoms with Crippen LogP contribution in [0.4, 0.5) is 0 Å². The molecule has 2 amide bonds. The van der Waals surface area contributed by atoms with Crippen LogP contribution in [-0.2, 0) is 22.6 Å². The van der Waals surface area contributed by atoms with Gasteiger partial charge in [-0.25, -0.2) is 0 Å². The van der Waals surface area contributed by atoms with E-state index >= 15 is 0 Å². The van der Waals surface area contributed by atoms with Crippen molar-refractivity contribution in [1.82, 2.24) is 10.2 Å². The summed E-state index contributed by atoms with van der Waals surface area (Å²) in [5, 5.41) is 3.23. The van der Waals surface area contributed by atoms with E-state index in [-0.39, 0.29) is 18.2 Å². The number of rotatable bonds is 7. The summed E-state index contributed by atoms with van der Waals surface area (Å²) < 4.78 is 0. The number of nitrogens with zero attached hydrogens (tertiary/aromatic N) is 1. The SMILES string of the molecule is CCC(C(=O)NC)N(Cc1ccccc1C)C(=O)Cc1ccccc1Cl. The number of carbonyl (C=O) groups is 2. The van der Waals surface area contributed by atoms with Crippen LogP contribution in [0.25, 0.3) is 0 Å². The van der Waals surface area contributed by atoms with Gasteiger partial charge in [0.1, 0.15) is 6.04 Å². The summed E-state index contributed by atoms with van der Waals surface area (Å²) in [4.78, 5) is 27.1. The summed E-state index contributed by atoms with van der Waals surface area (Å²) in [6.07, 6.45) is 0.707. The molecule has 0 aliphatic rings. The number of hydrogen-bond acceptors (Lipinski definition) is 2. The summed E-state index contributed by atoms with van der Waals surface area (Å²) in [6, 6.07) is 14.7. The molecule has 0 saturated carbocycles. The smallest absolute Gasteiger partial charge is 0.242 e. The van der Waals surface area contributed by atoms with E-state index in [9.17, 15) is 9.59 Å². The Labute approximate surface area is 160 Å². The van der Waals surface area contributed by atoms with Crippen LogP contribution in [0, 0.1) is 6.92 Å². The predicted octanol–water partition coefficient (Wildman–Crippen LogP) is 3.74. The summed E-state index contributed by atoms with van der Waals surface area (Å²) in [6.45, 7) is 4.31. The van der Waals surface area contributed by atoms with Gasteiger partial charge in [0.25, 0.3) is 0 Å². The molecule has 5 heteroatoms. The van der Waals surface area contributed by atoms with Gasteiger partial charge in [0, 0.05) is 18.6 Å². The third-order valence-electron chi connectivity index (χ3n) is 4.53. The molecule has 0 aromatic heterocycles. The first-order chi connectivity index (χ1) is 12.5. The summed E-state index contributed by atoms with van der Waals surface area (Å²) >= 11 is 6.21. The van der Waals surface area contributed by atoms with Crippen LogP contribution in [0.5, 0.6) is 0 Å². The first-order valence-electron chi connectivity index (χ1n) is 8.76. The van der Waals surface area contributed by atoms with Crippen molar-refractivity contribution in [1.29, 1.82) is 0 Å². The van der Waals surface area contributed by atoms with Crippen LogP contribution in [0.3, 0.4) is 0 Å². The molecule has 0 fully saturated rings. The van der Waals surface area contributed by atoms with Gasteiger partial charge in [-0.2, -0.15) is 0 Å². The molecule has 2 rings (SSSR count). The molecule has 0 spiro atoms. The van der Waals surface area contributed by atoms with Crippen molar-refractivity contribution in [2.45, 2.75) is 39.3 Å². The zero-order valence-electron chi connectivity index (χ0n) is 15.5. The van der Waals surface area contributed by atoms with Gasteiger partial charge in [0.05, 0.1) is 6.42 Å². The third kappa shape index (κ3) is 4.85. The minimum absolute atomic E-state index is 0.114. The Morgan fingerprint density at radius 1 is 1.08 bits per heavy atom. The molecule has 26 heavy (non-hydrogen) atoms. The first kappa shape index (κ1) is 20.0. The minimum Gasteiger partial charge on any atom is -0.357 e. The van der Waals surface area contributed by atoms with Gasteiger partial charge in [-0.3, -0.25) is 9.59 Å². The second kappa shape index (κ2) is 9.39. The zero-order valence-corrected chi connectivity index (χ0v) is 16.2. The Hall–Kier alpha value is -2.33. The van der Waals surface area contributed by atoms with E-state index in [0.29, 0.717) is 18.0 Å². The van der Waals surface area contributed by atoms with Crippen LogP contribution in [0.1, 0.15) is 30.0 Å². The van der Waals surface area contributed by atoms with E-state index in [1.54, 1.807) is 18.0 Å². The molecule has 0 heterocycles. The molecule has 2 aromatic carbocycles. The van der Waals surface area contributed by atoms with E-state index in [2.05, 4.69) is 5.32 Å². The fraction of sp³-hybridized carbons (Fsp3) is 0.333. The molecular weight excluding hydrogens is 348 g/mol. The number of carbonyl (C=O) groups excluding carboxylic acids is 2. The van der Waals surface area contributed by atoms with Gasteiger partial charge in [0.15, 0.2) is 0 Å². The summed E-state index contributed by atoms with van der Waals surface area (Å²) in [5.74, 6) is -0.273. The van der Waals surface area contributed by atoms with E-state index in [0.717, 1.165) is 16.7 Å². The number of amides is 2. The second-order valence-electron chi connectivity index (χ2n) is 6.25. The van der Waals surface area contributed by atoms with Crippen LogP contribution >= 0.6 is 11.6 Å². The van der Waals surface area contributed by atoms with E-state index in [1.165, 1.54) is 0 Å². The third-order valence-corrected chi connectivity index (χ3v) is 4.90. The van der Waals surface area contributed by atoms with Gasteiger partial charge in [-0.05, 0) is 36.1 Å². The van der Waals surface area contributed by atoms with Crippen LogP contribution in [-0.4, -0.2) is 29.8 Å². The lowest BCUT2D eigenvalue weighted by atomic mass is 10.0. The topological polar surface area (TPSA) is 49.4 Å². The Morgan fingerprint density at radius 3 is 2.27 bits per heavy atom. The van der Waals surface area contributed by atoms with Crippen molar-refractivity contribution in [3.8, 4) is 0 Å². The molecule has 1 unspecified atom stereocenters. The summed E-state index contributed by atoms with van der Waals surface area (Å²) in [7, 11) is 1.59. The van der Waals surface area contributed by atoms with E-state index < -0.39 is 6.04 Å². The number of halogens is 1. The van der Waals surface area contributed by atoms with Crippen molar-refractivity contribution in [2.24, 2.45) is 0 Å². The van der Waals surface area contributed by atoms with Gasteiger partial charge in [0.2, 0.25) is 11.8 Å². The highest BCUT2D eigenvalue weighted by molar-refractivity contribution is 6.31. The number of hydrogen-bond donors (Lipinski definition) is 1. The zero-order chi connectivity index (χ0) is 19.1. The van der Waals surface area contributed by atoms with Crippen molar-refractivity contribution in [3.05, 3.63) is 70.2 Å². The lowest BCUT2D eigenvalue weighted by Crippen LogP contribution is -2.48. The van der Waals surface area contributed by atoms with Gasteiger partial charge in [-0.1, -0.05) is 61.0 Å². The fourth-order valence-corrected chi connectivity index (χ4v) is 3.17. The maximum absolute atomic E-state index is 13.1. The average Bonchev–Trinajstić information content (AvgIpc) is 2.64. The molecule has 1 atom stereocenters. The number of likely N-dealkylation sites (N-methyl/N-ethyl adjacent to an activating group) is 1. The highest BCUT2D eigenvalue weighted by atomic mass is 35.5. The van der Waals surface area contributed by atoms with Crippen LogP contribution in [0.2, 0.25) is 5.02 Å². The normalized spacial score (nSPS) is 11.7. The Morgan fingerprint density at radius 2 is 1.69 bits per heavy atom. The maximum Gasteiger partial charge on any atom is 0.242 e. The summed E-state index contributed by atoms with van der Waals surface area (Å²) in [5.41, 5.74) is 2.89. The number of aryl methyl sites for hydroxylation is 1. The number of nitrogens with one attached hydrogen (secondary N) is 1. The molecule has 0 aliphatic carbocycles. The Balaban J connectivity index is 2.32. The van der Waals surface area contributed by atoms with Gasteiger partial charge < -0.3 is 10.2 Å². The van der Waals surface area contributed by atoms with Gasteiger partial charge >= 0.3 is 0 Å². The molecule has 138 valence electrons. The van der Waals surface area contributed by atoms with Crippen molar-refractivity contribution < 1.29 is 9.59 Å². The number of benzene rings is 2. The van der Waals surface area contributed by atoms with Crippen LogP contribution in [0.15, 0.2) is 48.5 Å². The second-order valence-corrected chi connectivity index (χ2v) is 6.66. The average molecular weight is 373 g/mol. The maximum atomic E-state index is 13.1. The monoisotopic (exact) mass is 372 g/mol. The molecule has 0 saturated heterocycles. The quantitative estimate of drug-likeness (QED) is 0.804. The molecule has 0 bridgehead atoms. The van der Waals surface area contributed by atoms with Crippen molar-refractivity contribution in [3.63, 3.8) is 0 Å². The lowest BCUT2D eigenvalue weighted by Gasteiger charge is -2.31. The minimum atomic E-state index is -0.519. The standard InChI is InChI=1S/C21H25ClN2O2/c1-4-19(21(26)23-3)24(14-17-11-6-5-9-15(17)2)20(25)13-16-10-7-8-12-18(16)22/h5-12,19H,4,13-14H2,1-3H3,(H,23,26). The Kier molecular flexibility index (Phi) is 7.22. The largest absolute Gasteiger partial charge is 0.357 e. The molecule has 0 aliphatic heterocycles. The highest BCUT2D eigenvalue weighted by Gasteiger charge is 2.28. The first-order valence-corrected chi connectivity index (χ1v) is 9.14. The molecule has 1 N–H and O–H groups in total. The van der Waals surface area contributed by atoms with E-state index in [4.69, 9.17) is 11.6 Å². The van der Waals surface area contributed by atoms with Crippen molar-refractivity contribution >= 4 is 23.4 Å². The molecule has 4 nitrogen and oxygen atoms in total. The molecule has 2 aromatic rings.